The Morgan fingerprint density at radius 1 is 1.07 bits per heavy atom. The van der Waals surface area contributed by atoms with E-state index in [4.69, 9.17) is 0 Å². The zero-order chi connectivity index (χ0) is 20.9. The third-order valence-corrected chi connectivity index (χ3v) is 8.23. The summed E-state index contributed by atoms with van der Waals surface area (Å²) >= 11 is 1.18. The maximum Gasteiger partial charge on any atom is 0.252 e. The highest BCUT2D eigenvalue weighted by molar-refractivity contribution is 7.91. The van der Waals surface area contributed by atoms with Crippen molar-refractivity contribution in [3.05, 3.63) is 52.4 Å². The van der Waals surface area contributed by atoms with E-state index in [9.17, 15) is 18.0 Å². The van der Waals surface area contributed by atoms with Crippen molar-refractivity contribution in [3.8, 4) is 0 Å². The third kappa shape index (κ3) is 5.43. The van der Waals surface area contributed by atoms with E-state index in [0.29, 0.717) is 22.9 Å². The summed E-state index contributed by atoms with van der Waals surface area (Å²) in [4.78, 5) is 24.9. The van der Waals surface area contributed by atoms with E-state index in [2.05, 4.69) is 10.6 Å². The van der Waals surface area contributed by atoms with E-state index in [1.807, 2.05) is 19.1 Å². The Morgan fingerprint density at radius 2 is 1.79 bits per heavy atom. The average molecular weight is 436 g/mol. The molecule has 0 bridgehead atoms. The number of sulfonamides is 1. The normalized spacial score (nSPS) is 14.7. The van der Waals surface area contributed by atoms with Crippen LogP contribution in [0.15, 0.2) is 40.6 Å². The minimum atomic E-state index is -3.42. The maximum absolute atomic E-state index is 12.5. The highest BCUT2D eigenvalue weighted by atomic mass is 32.2. The lowest BCUT2D eigenvalue weighted by Crippen LogP contribution is -2.30. The molecule has 156 valence electrons. The lowest BCUT2D eigenvalue weighted by Gasteiger charge is -2.13. The molecule has 2 aromatic rings. The van der Waals surface area contributed by atoms with Crippen LogP contribution in [0.4, 0.5) is 0 Å². The van der Waals surface area contributed by atoms with E-state index in [0.717, 1.165) is 23.3 Å². The van der Waals surface area contributed by atoms with Crippen molar-refractivity contribution in [2.75, 3.05) is 19.6 Å². The summed E-state index contributed by atoms with van der Waals surface area (Å²) in [6, 6.07) is 10.6. The van der Waals surface area contributed by atoms with Gasteiger partial charge in [-0.15, -0.1) is 11.3 Å². The summed E-state index contributed by atoms with van der Waals surface area (Å²) < 4.78 is 26.9. The van der Waals surface area contributed by atoms with Crippen LogP contribution in [0.5, 0.6) is 0 Å². The Morgan fingerprint density at radius 3 is 2.52 bits per heavy atom. The number of thiophene rings is 1. The van der Waals surface area contributed by atoms with Gasteiger partial charge in [0.15, 0.2) is 0 Å². The summed E-state index contributed by atoms with van der Waals surface area (Å²) in [6.07, 6.45) is 1.95. The molecule has 9 heteroatoms. The van der Waals surface area contributed by atoms with Crippen LogP contribution in [0.2, 0.25) is 0 Å². The van der Waals surface area contributed by atoms with Crippen LogP contribution >= 0.6 is 11.3 Å². The van der Waals surface area contributed by atoms with Gasteiger partial charge in [0.2, 0.25) is 5.91 Å². The second-order valence-electron chi connectivity index (χ2n) is 6.93. The first-order chi connectivity index (χ1) is 13.9. The number of hydrogen-bond acceptors (Lipinski definition) is 5. The van der Waals surface area contributed by atoms with Crippen molar-refractivity contribution in [2.45, 2.75) is 36.9 Å². The molecule has 3 rings (SSSR count). The maximum atomic E-state index is 12.5. The Balaban J connectivity index is 1.44. The fourth-order valence-electron chi connectivity index (χ4n) is 3.13. The van der Waals surface area contributed by atoms with Gasteiger partial charge in [-0.1, -0.05) is 18.2 Å². The van der Waals surface area contributed by atoms with Gasteiger partial charge in [-0.05, 0) is 43.5 Å². The molecule has 0 saturated carbocycles. The number of aryl methyl sites for hydroxylation is 1. The molecule has 1 aliphatic heterocycles. The highest BCUT2D eigenvalue weighted by Crippen LogP contribution is 2.27. The quantitative estimate of drug-likeness (QED) is 0.665. The zero-order valence-corrected chi connectivity index (χ0v) is 17.9. The molecule has 2 heterocycles. The predicted molar refractivity (Wildman–Crippen MR) is 112 cm³/mol. The first-order valence-electron chi connectivity index (χ1n) is 9.57. The smallest absolute Gasteiger partial charge is 0.252 e. The van der Waals surface area contributed by atoms with E-state index >= 15 is 0 Å². The molecule has 0 spiro atoms. The molecular formula is C20H25N3O4S2. The molecule has 1 aliphatic rings. The molecule has 1 aromatic carbocycles. The van der Waals surface area contributed by atoms with Gasteiger partial charge < -0.3 is 10.6 Å². The number of benzene rings is 1. The fourth-order valence-corrected chi connectivity index (χ4v) is 6.10. The molecule has 29 heavy (non-hydrogen) atoms. The molecule has 1 aromatic heterocycles. The highest BCUT2D eigenvalue weighted by Gasteiger charge is 2.28. The predicted octanol–water partition coefficient (Wildman–Crippen LogP) is 2.28. The van der Waals surface area contributed by atoms with Gasteiger partial charge in [0, 0.05) is 36.5 Å². The van der Waals surface area contributed by atoms with Gasteiger partial charge >= 0.3 is 0 Å². The van der Waals surface area contributed by atoms with E-state index in [1.165, 1.54) is 15.6 Å². The second-order valence-corrected chi connectivity index (χ2v) is 10.3. The monoisotopic (exact) mass is 435 g/mol. The summed E-state index contributed by atoms with van der Waals surface area (Å²) in [7, 11) is -3.42. The van der Waals surface area contributed by atoms with Gasteiger partial charge in [-0.2, -0.15) is 4.31 Å². The van der Waals surface area contributed by atoms with Crippen molar-refractivity contribution >= 4 is 33.2 Å². The third-order valence-electron chi connectivity index (χ3n) is 4.78. The Bertz CT molecular complexity index is 979. The number of carbonyl (C=O) groups excluding carboxylic acids is 2. The van der Waals surface area contributed by atoms with Gasteiger partial charge in [-0.3, -0.25) is 9.59 Å². The number of amides is 2. The molecule has 2 N–H and O–H groups in total. The van der Waals surface area contributed by atoms with Crippen molar-refractivity contribution in [2.24, 2.45) is 0 Å². The van der Waals surface area contributed by atoms with E-state index in [-0.39, 0.29) is 31.3 Å². The van der Waals surface area contributed by atoms with Crippen molar-refractivity contribution in [1.29, 1.82) is 0 Å². The molecule has 0 atom stereocenters. The standard InChI is InChI=1S/C20H25N3O4S2/c1-15-6-2-3-7-17(15)20(25)21-11-10-18(24)22-14-16-8-9-19(28-16)29(26,27)23-12-4-5-13-23/h2-3,6-9H,4-5,10-14H2,1H3,(H,21,25)(H,22,24). The second kappa shape index (κ2) is 9.51. The van der Waals surface area contributed by atoms with Crippen LogP contribution in [0.25, 0.3) is 0 Å². The van der Waals surface area contributed by atoms with Crippen LogP contribution in [0, 0.1) is 6.92 Å². The fraction of sp³-hybridized carbons (Fsp3) is 0.400. The summed E-state index contributed by atoms with van der Waals surface area (Å²) in [6.45, 7) is 3.50. The summed E-state index contributed by atoms with van der Waals surface area (Å²) in [5.41, 5.74) is 1.48. The molecule has 7 nitrogen and oxygen atoms in total. The number of rotatable bonds is 8. The lowest BCUT2D eigenvalue weighted by molar-refractivity contribution is -0.121. The molecule has 0 aliphatic carbocycles. The number of nitrogens with one attached hydrogen (secondary N) is 2. The van der Waals surface area contributed by atoms with Gasteiger partial charge in [0.05, 0.1) is 6.54 Å². The van der Waals surface area contributed by atoms with E-state index in [1.54, 1.807) is 24.3 Å². The van der Waals surface area contributed by atoms with Crippen molar-refractivity contribution in [3.63, 3.8) is 0 Å². The van der Waals surface area contributed by atoms with E-state index < -0.39 is 10.0 Å². The Labute approximate surface area is 175 Å². The van der Waals surface area contributed by atoms with Crippen LogP contribution in [0.1, 0.15) is 40.1 Å². The Kier molecular flexibility index (Phi) is 7.05. The molecule has 2 amide bonds. The van der Waals surface area contributed by atoms with Crippen LogP contribution in [-0.4, -0.2) is 44.2 Å². The SMILES string of the molecule is Cc1ccccc1C(=O)NCCC(=O)NCc1ccc(S(=O)(=O)N2CCCC2)s1. The van der Waals surface area contributed by atoms with Crippen LogP contribution in [-0.2, 0) is 21.4 Å². The van der Waals surface area contributed by atoms with Crippen LogP contribution in [0.3, 0.4) is 0 Å². The summed E-state index contributed by atoms with van der Waals surface area (Å²) in [5.74, 6) is -0.404. The molecule has 0 radical (unpaired) electrons. The van der Waals surface area contributed by atoms with Gasteiger partial charge in [0.25, 0.3) is 15.9 Å². The lowest BCUT2D eigenvalue weighted by atomic mass is 10.1. The topological polar surface area (TPSA) is 95.6 Å². The largest absolute Gasteiger partial charge is 0.352 e. The minimum Gasteiger partial charge on any atom is -0.352 e. The average Bonchev–Trinajstić information content (AvgIpc) is 3.39. The number of carbonyl (C=O) groups is 2. The molecule has 1 fully saturated rings. The van der Waals surface area contributed by atoms with Gasteiger partial charge in [-0.25, -0.2) is 8.42 Å². The Hall–Kier alpha value is -2.23. The first kappa shape index (κ1) is 21.5. The molecule has 1 saturated heterocycles. The zero-order valence-electron chi connectivity index (χ0n) is 16.3. The van der Waals surface area contributed by atoms with Crippen molar-refractivity contribution in [1.82, 2.24) is 14.9 Å². The van der Waals surface area contributed by atoms with Crippen LogP contribution < -0.4 is 10.6 Å². The van der Waals surface area contributed by atoms with Gasteiger partial charge in [0.1, 0.15) is 4.21 Å². The number of nitrogens with zero attached hydrogens (tertiary/aromatic N) is 1. The molecule has 0 unspecified atom stereocenters. The first-order valence-corrected chi connectivity index (χ1v) is 11.8. The minimum absolute atomic E-state index is 0.155. The number of hydrogen-bond donors (Lipinski definition) is 2. The summed E-state index contributed by atoms with van der Waals surface area (Å²) in [5, 5.41) is 5.51. The molecular weight excluding hydrogens is 410 g/mol. The van der Waals surface area contributed by atoms with Crippen molar-refractivity contribution < 1.29 is 18.0 Å².